The van der Waals surface area contributed by atoms with Crippen molar-refractivity contribution in [3.05, 3.63) is 131 Å². The number of aliphatic hydroxyl groups excluding tert-OH is 1. The zero-order valence-electron chi connectivity index (χ0n) is 28.7. The summed E-state index contributed by atoms with van der Waals surface area (Å²) in [7, 11) is 2.14. The zero-order valence-corrected chi connectivity index (χ0v) is 28.7. The predicted molar refractivity (Wildman–Crippen MR) is 189 cm³/mol. The normalized spacial score (nSPS) is 19.6. The summed E-state index contributed by atoms with van der Waals surface area (Å²) in [6.07, 6.45) is -0.868. The second kappa shape index (κ2) is 17.2. The van der Waals surface area contributed by atoms with Crippen molar-refractivity contribution in [2.45, 2.75) is 58.5 Å². The fraction of sp³-hybridized carbons (Fsp3) is 0.350. The van der Waals surface area contributed by atoms with Crippen LogP contribution in [0.2, 0.25) is 0 Å². The maximum absolute atomic E-state index is 12.1. The molecule has 49 heavy (non-hydrogen) atoms. The number of esters is 1. The number of nitrogens with one attached hydrogen (secondary N) is 2. The first kappa shape index (κ1) is 35.8. The Hall–Kier alpha value is -4.54. The Morgan fingerprint density at radius 3 is 2.27 bits per heavy atom. The maximum Gasteiger partial charge on any atom is 0.325 e. The number of benzene rings is 4. The predicted octanol–water partition coefficient (Wildman–Crippen LogP) is 6.69. The number of likely N-dealkylation sites (N-methyl/N-ethyl adjacent to an activating group) is 1. The van der Waals surface area contributed by atoms with Gasteiger partial charge < -0.3 is 30.0 Å². The summed E-state index contributed by atoms with van der Waals surface area (Å²) in [6, 6.07) is 34.4. The number of hydrogen-bond donors (Lipinski definition) is 3. The van der Waals surface area contributed by atoms with Crippen LogP contribution in [0, 0.1) is 5.92 Å². The van der Waals surface area contributed by atoms with Crippen LogP contribution in [0.3, 0.4) is 0 Å². The summed E-state index contributed by atoms with van der Waals surface area (Å²) >= 11 is 0. The standard InChI is InChI=1S/C40H47N3O6/c1-5-47-37(45)24-42-40(46)41-23-30-10-9-13-35(22-30)32-18-20-34(21-19-32)39-48-36(25-43(4)28(3)31-11-7-6-8-12-31)27(2)38(49-39)33-16-14-29(26-44)15-17-33/h6-22,27-28,36,38-39,44H,5,23-26H2,1-4H3,(H2,41,42,46). The lowest BCUT2D eigenvalue weighted by Crippen LogP contribution is -2.44. The molecular formula is C40H47N3O6. The molecule has 0 aromatic heterocycles. The van der Waals surface area contributed by atoms with E-state index in [2.05, 4.69) is 72.8 Å². The van der Waals surface area contributed by atoms with Gasteiger partial charge in [-0.1, -0.05) is 104 Å². The smallest absolute Gasteiger partial charge is 0.325 e. The van der Waals surface area contributed by atoms with Gasteiger partial charge in [-0.25, -0.2) is 4.79 Å². The van der Waals surface area contributed by atoms with Gasteiger partial charge in [0.05, 0.1) is 25.4 Å². The molecule has 0 bridgehead atoms. The summed E-state index contributed by atoms with van der Waals surface area (Å²) in [5.41, 5.74) is 7.04. The first-order valence-electron chi connectivity index (χ1n) is 16.9. The highest BCUT2D eigenvalue weighted by atomic mass is 16.7. The van der Waals surface area contributed by atoms with E-state index in [9.17, 15) is 14.7 Å². The van der Waals surface area contributed by atoms with Gasteiger partial charge in [0.2, 0.25) is 0 Å². The fourth-order valence-electron chi connectivity index (χ4n) is 6.06. The molecule has 258 valence electrons. The molecule has 4 aromatic carbocycles. The summed E-state index contributed by atoms with van der Waals surface area (Å²) in [5, 5.41) is 14.9. The first-order chi connectivity index (χ1) is 23.7. The number of hydrogen-bond acceptors (Lipinski definition) is 7. The SMILES string of the molecule is CCOC(=O)CNC(=O)NCc1cccc(-c2ccc(C3OC(CN(C)C(C)c4ccccc4)C(C)C(c4ccc(CO)cc4)O3)cc2)c1. The monoisotopic (exact) mass is 665 g/mol. The minimum atomic E-state index is -0.568. The summed E-state index contributed by atoms with van der Waals surface area (Å²) < 4.78 is 18.3. The number of nitrogens with zero attached hydrogens (tertiary/aromatic N) is 1. The molecule has 0 saturated carbocycles. The van der Waals surface area contributed by atoms with Gasteiger partial charge in [0.1, 0.15) is 6.54 Å². The van der Waals surface area contributed by atoms with E-state index in [-0.39, 0.29) is 43.9 Å². The molecular weight excluding hydrogens is 618 g/mol. The van der Waals surface area contributed by atoms with Crippen LogP contribution in [-0.2, 0) is 32.2 Å². The van der Waals surface area contributed by atoms with Crippen molar-refractivity contribution < 1.29 is 28.9 Å². The van der Waals surface area contributed by atoms with Crippen LogP contribution >= 0.6 is 0 Å². The molecule has 3 N–H and O–H groups in total. The Labute approximate surface area is 289 Å². The third kappa shape index (κ3) is 9.55. The minimum Gasteiger partial charge on any atom is -0.465 e. The van der Waals surface area contributed by atoms with Crippen LogP contribution in [0.1, 0.15) is 67.0 Å². The van der Waals surface area contributed by atoms with E-state index in [4.69, 9.17) is 14.2 Å². The van der Waals surface area contributed by atoms with E-state index in [0.29, 0.717) is 6.54 Å². The van der Waals surface area contributed by atoms with Gasteiger partial charge in [-0.15, -0.1) is 0 Å². The number of carbonyl (C=O) groups excluding carboxylic acids is 2. The average Bonchev–Trinajstić information content (AvgIpc) is 3.14. The average molecular weight is 666 g/mol. The molecule has 1 aliphatic rings. The van der Waals surface area contributed by atoms with Crippen LogP contribution in [0.25, 0.3) is 11.1 Å². The van der Waals surface area contributed by atoms with Crippen LogP contribution in [0.5, 0.6) is 0 Å². The molecule has 5 atom stereocenters. The van der Waals surface area contributed by atoms with Gasteiger partial charge in [0.15, 0.2) is 6.29 Å². The summed E-state index contributed by atoms with van der Waals surface area (Å²) in [4.78, 5) is 26.0. The van der Waals surface area contributed by atoms with E-state index in [0.717, 1.165) is 39.9 Å². The Balaban J connectivity index is 1.30. The van der Waals surface area contributed by atoms with Crippen LogP contribution in [-0.4, -0.2) is 54.9 Å². The number of rotatable bonds is 13. The molecule has 1 heterocycles. The topological polar surface area (TPSA) is 109 Å². The molecule has 9 nitrogen and oxygen atoms in total. The number of urea groups is 1. The highest BCUT2D eigenvalue weighted by Crippen LogP contribution is 2.42. The first-order valence-corrected chi connectivity index (χ1v) is 16.9. The Morgan fingerprint density at radius 1 is 0.857 bits per heavy atom. The number of amides is 2. The number of carbonyl (C=O) groups is 2. The van der Waals surface area contributed by atoms with Gasteiger partial charge in [-0.3, -0.25) is 9.69 Å². The molecule has 5 rings (SSSR count). The number of ether oxygens (including phenoxy) is 3. The van der Waals surface area contributed by atoms with Crippen molar-refractivity contribution in [3.63, 3.8) is 0 Å². The van der Waals surface area contributed by atoms with E-state index in [1.807, 2.05) is 66.7 Å². The van der Waals surface area contributed by atoms with Crippen molar-refractivity contribution in [3.8, 4) is 11.1 Å². The van der Waals surface area contributed by atoms with Crippen LogP contribution in [0.15, 0.2) is 103 Å². The van der Waals surface area contributed by atoms with Gasteiger partial charge in [-0.05, 0) is 60.3 Å². The van der Waals surface area contributed by atoms with E-state index < -0.39 is 18.3 Å². The quantitative estimate of drug-likeness (QED) is 0.137. The van der Waals surface area contributed by atoms with Crippen molar-refractivity contribution >= 4 is 12.0 Å². The van der Waals surface area contributed by atoms with Crippen LogP contribution < -0.4 is 10.6 Å². The number of aliphatic hydroxyl groups is 1. The van der Waals surface area contributed by atoms with Gasteiger partial charge in [0, 0.05) is 30.6 Å². The Kier molecular flexibility index (Phi) is 12.6. The molecule has 2 amide bonds. The second-order valence-electron chi connectivity index (χ2n) is 12.5. The zero-order chi connectivity index (χ0) is 34.8. The Morgan fingerprint density at radius 2 is 1.57 bits per heavy atom. The van der Waals surface area contributed by atoms with Gasteiger partial charge >= 0.3 is 12.0 Å². The highest BCUT2D eigenvalue weighted by Gasteiger charge is 2.39. The van der Waals surface area contributed by atoms with Crippen LogP contribution in [0.4, 0.5) is 4.79 Å². The molecule has 5 unspecified atom stereocenters. The van der Waals surface area contributed by atoms with Crippen molar-refractivity contribution in [2.75, 3.05) is 26.7 Å². The van der Waals surface area contributed by atoms with E-state index in [1.54, 1.807) is 6.92 Å². The molecule has 9 heteroatoms. The van der Waals surface area contributed by atoms with E-state index >= 15 is 0 Å². The summed E-state index contributed by atoms with van der Waals surface area (Å²) in [5.74, 6) is -0.404. The molecule has 1 aliphatic heterocycles. The van der Waals surface area contributed by atoms with Crippen molar-refractivity contribution in [1.29, 1.82) is 0 Å². The molecule has 1 fully saturated rings. The summed E-state index contributed by atoms with van der Waals surface area (Å²) in [6.45, 7) is 7.23. The third-order valence-corrected chi connectivity index (χ3v) is 9.13. The third-order valence-electron chi connectivity index (χ3n) is 9.13. The molecule has 0 spiro atoms. The second-order valence-corrected chi connectivity index (χ2v) is 12.5. The lowest BCUT2D eigenvalue weighted by Gasteiger charge is -2.43. The lowest BCUT2D eigenvalue weighted by molar-refractivity contribution is -0.276. The fourth-order valence-corrected chi connectivity index (χ4v) is 6.06. The largest absolute Gasteiger partial charge is 0.465 e. The maximum atomic E-state index is 12.1. The lowest BCUT2D eigenvalue weighted by atomic mass is 9.89. The molecule has 1 saturated heterocycles. The molecule has 0 aliphatic carbocycles. The Bertz CT molecular complexity index is 1650. The van der Waals surface area contributed by atoms with Crippen molar-refractivity contribution in [2.24, 2.45) is 5.92 Å². The van der Waals surface area contributed by atoms with Gasteiger partial charge in [-0.2, -0.15) is 0 Å². The minimum absolute atomic E-state index is 0.00386. The van der Waals surface area contributed by atoms with Gasteiger partial charge in [0.25, 0.3) is 0 Å². The van der Waals surface area contributed by atoms with Crippen molar-refractivity contribution in [1.82, 2.24) is 15.5 Å². The molecule has 0 radical (unpaired) electrons. The molecule has 4 aromatic rings. The highest BCUT2D eigenvalue weighted by molar-refractivity contribution is 5.80. The van der Waals surface area contributed by atoms with E-state index in [1.165, 1.54) is 5.56 Å².